The second-order valence-electron chi connectivity index (χ2n) is 8.00. The second-order valence-corrected chi connectivity index (χ2v) is 8.00. The van der Waals surface area contributed by atoms with Crippen LogP contribution in [0.1, 0.15) is 33.9 Å². The van der Waals surface area contributed by atoms with Gasteiger partial charge in [0.2, 0.25) is 0 Å². The zero-order valence-electron chi connectivity index (χ0n) is 18.5. The number of carbonyl (C=O) groups excluding carboxylic acids is 2. The van der Waals surface area contributed by atoms with Crippen LogP contribution in [0.3, 0.4) is 0 Å². The number of para-hydroxylation sites is 2. The van der Waals surface area contributed by atoms with E-state index in [9.17, 15) is 14.7 Å². The lowest BCUT2D eigenvalue weighted by molar-refractivity contribution is -0.132. The maximum absolute atomic E-state index is 13.3. The lowest BCUT2D eigenvalue weighted by atomic mass is 9.93. The Balaban J connectivity index is 2.01. The summed E-state index contributed by atoms with van der Waals surface area (Å²) in [4.78, 5) is 28.1. The first-order valence-corrected chi connectivity index (χ1v) is 10.4. The molecule has 1 aliphatic rings. The first-order chi connectivity index (χ1) is 15.3. The van der Waals surface area contributed by atoms with E-state index in [0.717, 1.165) is 16.7 Å². The highest BCUT2D eigenvalue weighted by molar-refractivity contribution is 6.51. The minimum atomic E-state index is -0.825. The summed E-state index contributed by atoms with van der Waals surface area (Å²) in [7, 11) is 1.54. The fourth-order valence-electron chi connectivity index (χ4n) is 4.15. The molecule has 1 amide bonds. The number of nitrogens with zero attached hydrogens (tertiary/aromatic N) is 1. The third-order valence-electron chi connectivity index (χ3n) is 6.03. The average Bonchev–Trinajstić information content (AvgIpc) is 3.05. The molecular weight excluding hydrogens is 402 g/mol. The molecule has 1 N–H and O–H groups in total. The Morgan fingerprint density at radius 2 is 1.56 bits per heavy atom. The summed E-state index contributed by atoms with van der Waals surface area (Å²) in [6.45, 7) is 5.80. The van der Waals surface area contributed by atoms with Gasteiger partial charge in [0.1, 0.15) is 11.5 Å². The molecule has 5 nitrogen and oxygen atoms in total. The predicted octanol–water partition coefficient (Wildman–Crippen LogP) is 5.25. The van der Waals surface area contributed by atoms with Crippen molar-refractivity contribution < 1.29 is 19.4 Å². The van der Waals surface area contributed by atoms with Crippen LogP contribution in [0.2, 0.25) is 0 Å². The fraction of sp³-hybridized carbons (Fsp3) is 0.185. The van der Waals surface area contributed by atoms with E-state index in [0.29, 0.717) is 22.6 Å². The molecule has 0 radical (unpaired) electrons. The Bertz CT molecular complexity index is 1260. The lowest BCUT2D eigenvalue weighted by Crippen LogP contribution is -2.30. The topological polar surface area (TPSA) is 66.8 Å². The van der Waals surface area contributed by atoms with Gasteiger partial charge in [-0.05, 0) is 55.7 Å². The summed E-state index contributed by atoms with van der Waals surface area (Å²) in [6.07, 6.45) is 0. The standard InChI is InChI=1S/C27H25NO4/c1-16-13-14-19(15-18(16)3)25(29)23-24(20-10-6-8-12-22(20)32-4)28(27(31)26(23)30)21-11-7-5-9-17(21)2/h5-15,24,29H,1-4H3/b25-23+. The molecule has 3 aromatic carbocycles. The minimum absolute atomic E-state index is 0.0472. The molecule has 32 heavy (non-hydrogen) atoms. The summed E-state index contributed by atoms with van der Waals surface area (Å²) in [5.74, 6) is -1.07. The maximum Gasteiger partial charge on any atom is 0.300 e. The van der Waals surface area contributed by atoms with Crippen molar-refractivity contribution >= 4 is 23.1 Å². The van der Waals surface area contributed by atoms with E-state index >= 15 is 0 Å². The quantitative estimate of drug-likeness (QED) is 0.351. The highest BCUT2D eigenvalue weighted by Gasteiger charge is 2.48. The molecule has 1 aliphatic heterocycles. The first kappa shape index (κ1) is 21.4. The SMILES string of the molecule is COc1ccccc1C1/C(=C(\O)c2ccc(C)c(C)c2)C(=O)C(=O)N1c1ccccc1C. The minimum Gasteiger partial charge on any atom is -0.507 e. The highest BCUT2D eigenvalue weighted by Crippen LogP contribution is 2.45. The number of ether oxygens (including phenoxy) is 1. The number of methoxy groups -OCH3 is 1. The van der Waals surface area contributed by atoms with Gasteiger partial charge in [-0.25, -0.2) is 0 Å². The van der Waals surface area contributed by atoms with Gasteiger partial charge in [-0.3, -0.25) is 14.5 Å². The number of hydrogen-bond donors (Lipinski definition) is 1. The fourth-order valence-corrected chi connectivity index (χ4v) is 4.15. The third kappa shape index (κ3) is 3.46. The zero-order chi connectivity index (χ0) is 23.0. The van der Waals surface area contributed by atoms with Crippen molar-refractivity contribution in [3.63, 3.8) is 0 Å². The molecule has 1 fully saturated rings. The van der Waals surface area contributed by atoms with E-state index in [1.165, 1.54) is 4.90 Å². The molecule has 1 saturated heterocycles. The number of aliphatic hydroxyl groups is 1. The molecule has 1 unspecified atom stereocenters. The molecule has 1 atom stereocenters. The number of carbonyl (C=O) groups is 2. The van der Waals surface area contributed by atoms with Crippen molar-refractivity contribution in [2.24, 2.45) is 0 Å². The molecule has 1 heterocycles. The van der Waals surface area contributed by atoms with E-state index < -0.39 is 17.7 Å². The van der Waals surface area contributed by atoms with Crippen molar-refractivity contribution in [2.45, 2.75) is 26.8 Å². The molecule has 4 rings (SSSR count). The van der Waals surface area contributed by atoms with Crippen LogP contribution in [0, 0.1) is 20.8 Å². The van der Waals surface area contributed by atoms with Gasteiger partial charge in [0.25, 0.3) is 11.7 Å². The van der Waals surface area contributed by atoms with E-state index in [4.69, 9.17) is 4.74 Å². The summed E-state index contributed by atoms with van der Waals surface area (Å²) in [5.41, 5.74) is 4.69. The highest BCUT2D eigenvalue weighted by atomic mass is 16.5. The van der Waals surface area contributed by atoms with Crippen LogP contribution in [0.5, 0.6) is 5.75 Å². The second kappa shape index (κ2) is 8.35. The number of hydrogen-bond acceptors (Lipinski definition) is 4. The van der Waals surface area contributed by atoms with Gasteiger partial charge in [0.15, 0.2) is 0 Å². The van der Waals surface area contributed by atoms with Gasteiger partial charge < -0.3 is 9.84 Å². The number of anilines is 1. The Morgan fingerprint density at radius 1 is 0.875 bits per heavy atom. The Kier molecular flexibility index (Phi) is 5.57. The van der Waals surface area contributed by atoms with Gasteiger partial charge in [0, 0.05) is 16.8 Å². The Morgan fingerprint density at radius 3 is 2.25 bits per heavy atom. The number of aryl methyl sites for hydroxylation is 3. The summed E-state index contributed by atoms with van der Waals surface area (Å²) < 4.78 is 5.56. The van der Waals surface area contributed by atoms with Crippen LogP contribution in [-0.2, 0) is 9.59 Å². The predicted molar refractivity (Wildman–Crippen MR) is 125 cm³/mol. The Labute approximate surface area is 187 Å². The number of rotatable bonds is 4. The van der Waals surface area contributed by atoms with Gasteiger partial charge in [0.05, 0.1) is 18.7 Å². The smallest absolute Gasteiger partial charge is 0.300 e. The molecule has 0 spiro atoms. The van der Waals surface area contributed by atoms with Crippen molar-refractivity contribution in [3.05, 3.63) is 100 Å². The van der Waals surface area contributed by atoms with Crippen molar-refractivity contribution in [1.82, 2.24) is 0 Å². The molecule has 0 aliphatic carbocycles. The largest absolute Gasteiger partial charge is 0.507 e. The number of ketones is 1. The number of amides is 1. The Hall–Kier alpha value is -3.86. The number of aliphatic hydroxyl groups excluding tert-OH is 1. The summed E-state index contributed by atoms with van der Waals surface area (Å²) >= 11 is 0. The maximum atomic E-state index is 13.3. The molecular formula is C27H25NO4. The molecule has 0 aromatic heterocycles. The molecule has 162 valence electrons. The van der Waals surface area contributed by atoms with E-state index in [1.807, 2.05) is 69.3 Å². The number of benzene rings is 3. The van der Waals surface area contributed by atoms with Crippen molar-refractivity contribution in [3.8, 4) is 5.75 Å². The monoisotopic (exact) mass is 427 g/mol. The molecule has 5 heteroatoms. The third-order valence-corrected chi connectivity index (χ3v) is 6.03. The van der Waals surface area contributed by atoms with Crippen molar-refractivity contribution in [2.75, 3.05) is 12.0 Å². The van der Waals surface area contributed by atoms with Crippen LogP contribution in [-0.4, -0.2) is 23.9 Å². The molecule has 0 saturated carbocycles. The van der Waals surface area contributed by atoms with E-state index in [1.54, 1.807) is 25.3 Å². The lowest BCUT2D eigenvalue weighted by Gasteiger charge is -2.27. The summed E-state index contributed by atoms with van der Waals surface area (Å²) in [5, 5.41) is 11.3. The van der Waals surface area contributed by atoms with Crippen LogP contribution < -0.4 is 9.64 Å². The average molecular weight is 428 g/mol. The van der Waals surface area contributed by atoms with Gasteiger partial charge in [-0.15, -0.1) is 0 Å². The van der Waals surface area contributed by atoms with Gasteiger partial charge in [-0.2, -0.15) is 0 Å². The van der Waals surface area contributed by atoms with Crippen molar-refractivity contribution in [1.29, 1.82) is 0 Å². The van der Waals surface area contributed by atoms with Crippen LogP contribution in [0.4, 0.5) is 5.69 Å². The normalized spacial score (nSPS) is 17.6. The van der Waals surface area contributed by atoms with E-state index in [-0.39, 0.29) is 11.3 Å². The van der Waals surface area contributed by atoms with Crippen LogP contribution in [0.15, 0.2) is 72.3 Å². The summed E-state index contributed by atoms with van der Waals surface area (Å²) in [6, 6.07) is 19.3. The van der Waals surface area contributed by atoms with Crippen LogP contribution in [0.25, 0.3) is 5.76 Å². The zero-order valence-corrected chi connectivity index (χ0v) is 18.5. The number of Topliss-reactive ketones (excluding diaryl/α,β-unsaturated/α-hetero) is 1. The molecule has 3 aromatic rings. The van der Waals surface area contributed by atoms with Gasteiger partial charge >= 0.3 is 0 Å². The molecule has 0 bridgehead atoms. The van der Waals surface area contributed by atoms with E-state index in [2.05, 4.69) is 0 Å². The first-order valence-electron chi connectivity index (χ1n) is 10.4. The van der Waals surface area contributed by atoms with Crippen LogP contribution >= 0.6 is 0 Å². The van der Waals surface area contributed by atoms with Gasteiger partial charge in [-0.1, -0.05) is 48.5 Å².